The van der Waals surface area contributed by atoms with E-state index in [9.17, 15) is 18.0 Å². The van der Waals surface area contributed by atoms with Gasteiger partial charge in [0.1, 0.15) is 16.9 Å². The number of nitrogens with zero attached hydrogens (tertiary/aromatic N) is 6. The summed E-state index contributed by atoms with van der Waals surface area (Å²) in [7, 11) is 0. The van der Waals surface area contributed by atoms with Gasteiger partial charge in [-0.25, -0.2) is 9.97 Å². The van der Waals surface area contributed by atoms with Crippen molar-refractivity contribution in [1.82, 2.24) is 19.7 Å². The van der Waals surface area contributed by atoms with E-state index in [1.54, 1.807) is 12.1 Å². The maximum Gasteiger partial charge on any atom is 0.437 e. The maximum atomic E-state index is 14.1. The monoisotopic (exact) mass is 538 g/mol. The lowest BCUT2D eigenvalue weighted by Gasteiger charge is -2.23. The number of alkyl halides is 3. The van der Waals surface area contributed by atoms with E-state index in [1.807, 2.05) is 12.1 Å². The van der Waals surface area contributed by atoms with Crippen molar-refractivity contribution in [3.8, 4) is 6.07 Å². The minimum atomic E-state index is -4.78. The van der Waals surface area contributed by atoms with Crippen molar-refractivity contribution in [3.05, 3.63) is 81.5 Å². The van der Waals surface area contributed by atoms with Crippen molar-refractivity contribution in [1.29, 1.82) is 5.26 Å². The van der Waals surface area contributed by atoms with Crippen LogP contribution in [0.15, 0.2) is 42.7 Å². The van der Waals surface area contributed by atoms with E-state index in [1.165, 1.54) is 29.2 Å². The quantitative estimate of drug-likeness (QED) is 0.308. The number of nitriles is 1. The van der Waals surface area contributed by atoms with Gasteiger partial charge in [0.05, 0.1) is 42.6 Å². The standard InChI is InChI=1S/C26H18ClF3N6O2/c27-24-20-13-38-12-19(20)18-6-1-14(7-21(18)33-24)10-35(25(37)15-2-3-16(8-31)32-9-15)22-11-36(17-4-5-17)34-23(22)26(28,29)30/h1-3,6-7,9,11,17H,4-5,10,12-13H2. The Morgan fingerprint density at radius 1 is 1.21 bits per heavy atom. The first-order valence-electron chi connectivity index (χ1n) is 11.7. The Morgan fingerprint density at radius 3 is 2.68 bits per heavy atom. The number of aromatic nitrogens is 4. The zero-order valence-corrected chi connectivity index (χ0v) is 20.4. The smallest absolute Gasteiger partial charge is 0.372 e. The van der Waals surface area contributed by atoms with E-state index in [-0.39, 0.29) is 29.5 Å². The predicted octanol–water partition coefficient (Wildman–Crippen LogP) is 5.58. The zero-order chi connectivity index (χ0) is 26.6. The highest BCUT2D eigenvalue weighted by Crippen LogP contribution is 2.41. The van der Waals surface area contributed by atoms with Crippen molar-refractivity contribution in [3.63, 3.8) is 0 Å². The zero-order valence-electron chi connectivity index (χ0n) is 19.7. The molecule has 1 fully saturated rings. The first-order chi connectivity index (χ1) is 18.2. The van der Waals surface area contributed by atoms with E-state index >= 15 is 0 Å². The van der Waals surface area contributed by atoms with Crippen LogP contribution in [0.25, 0.3) is 10.9 Å². The van der Waals surface area contributed by atoms with Crippen LogP contribution in [0, 0.1) is 11.3 Å². The third kappa shape index (κ3) is 4.36. The van der Waals surface area contributed by atoms with Crippen molar-refractivity contribution >= 4 is 34.1 Å². The Labute approximate surface area is 219 Å². The Kier molecular flexibility index (Phi) is 5.81. The lowest BCUT2D eigenvalue weighted by Crippen LogP contribution is -2.32. The molecule has 1 saturated carbocycles. The first-order valence-corrected chi connectivity index (χ1v) is 12.1. The molecule has 0 saturated heterocycles. The van der Waals surface area contributed by atoms with Crippen LogP contribution in [-0.2, 0) is 30.7 Å². The fourth-order valence-electron chi connectivity index (χ4n) is 4.55. The van der Waals surface area contributed by atoms with Gasteiger partial charge in [-0.2, -0.15) is 23.5 Å². The summed E-state index contributed by atoms with van der Waals surface area (Å²) in [6, 6.07) is 9.70. The maximum absolute atomic E-state index is 14.1. The SMILES string of the molecule is N#Cc1ccc(C(=O)N(Cc2ccc3c4c(c(Cl)nc3c2)COC4)c2cn(C3CC3)nc2C(F)(F)F)cn1. The number of rotatable bonds is 5. The molecule has 1 aromatic carbocycles. The number of halogens is 4. The summed E-state index contributed by atoms with van der Waals surface area (Å²) in [5, 5.41) is 14.0. The molecule has 12 heteroatoms. The number of anilines is 1. The second-order valence-electron chi connectivity index (χ2n) is 9.21. The molecule has 4 heterocycles. The number of hydrogen-bond acceptors (Lipinski definition) is 6. The van der Waals surface area contributed by atoms with Crippen LogP contribution >= 0.6 is 11.6 Å². The van der Waals surface area contributed by atoms with E-state index in [4.69, 9.17) is 21.6 Å². The molecular weight excluding hydrogens is 521 g/mol. The molecule has 6 rings (SSSR count). The molecule has 4 aromatic rings. The van der Waals surface area contributed by atoms with Gasteiger partial charge in [-0.3, -0.25) is 9.48 Å². The van der Waals surface area contributed by atoms with E-state index in [0.717, 1.165) is 34.3 Å². The second-order valence-corrected chi connectivity index (χ2v) is 9.57. The fourth-order valence-corrected chi connectivity index (χ4v) is 4.81. The Bertz CT molecular complexity index is 1620. The van der Waals surface area contributed by atoms with Gasteiger partial charge in [0.25, 0.3) is 5.91 Å². The fraction of sp³-hybridized carbons (Fsp3) is 0.269. The lowest BCUT2D eigenvalue weighted by atomic mass is 10.0. The van der Waals surface area contributed by atoms with Crippen LogP contribution in [0.4, 0.5) is 18.9 Å². The molecule has 0 radical (unpaired) electrons. The highest BCUT2D eigenvalue weighted by Gasteiger charge is 2.42. The topological polar surface area (TPSA) is 96.9 Å². The minimum absolute atomic E-state index is 0.0354. The summed E-state index contributed by atoms with van der Waals surface area (Å²) in [4.78, 5) is 23.0. The van der Waals surface area contributed by atoms with Gasteiger partial charge in [-0.1, -0.05) is 23.7 Å². The van der Waals surface area contributed by atoms with E-state index in [0.29, 0.717) is 29.4 Å². The molecular formula is C26H18ClF3N6O2. The lowest BCUT2D eigenvalue weighted by molar-refractivity contribution is -0.141. The summed E-state index contributed by atoms with van der Waals surface area (Å²) in [5.74, 6) is -0.712. The molecule has 192 valence electrons. The molecule has 3 aromatic heterocycles. The number of carbonyl (C=O) groups excluding carboxylic acids is 1. The van der Waals surface area contributed by atoms with Crippen molar-refractivity contribution in [2.75, 3.05) is 4.90 Å². The number of fused-ring (bicyclic) bond motifs is 3. The van der Waals surface area contributed by atoms with Gasteiger partial charge < -0.3 is 9.64 Å². The van der Waals surface area contributed by atoms with Crippen LogP contribution in [0.3, 0.4) is 0 Å². The molecule has 1 aliphatic carbocycles. The third-order valence-corrected chi connectivity index (χ3v) is 6.93. The number of ether oxygens (including phenoxy) is 1. The third-order valence-electron chi connectivity index (χ3n) is 6.62. The molecule has 0 atom stereocenters. The van der Waals surface area contributed by atoms with Crippen LogP contribution in [0.1, 0.15) is 57.3 Å². The molecule has 0 spiro atoms. The molecule has 0 bridgehead atoms. The number of carbonyl (C=O) groups is 1. The molecule has 1 amide bonds. The van der Waals surface area contributed by atoms with Gasteiger partial charge in [-0.15, -0.1) is 0 Å². The minimum Gasteiger partial charge on any atom is -0.372 e. The van der Waals surface area contributed by atoms with Gasteiger partial charge in [0, 0.05) is 23.3 Å². The van der Waals surface area contributed by atoms with E-state index < -0.39 is 17.8 Å². The molecule has 1 aliphatic heterocycles. The highest BCUT2D eigenvalue weighted by atomic mass is 35.5. The predicted molar refractivity (Wildman–Crippen MR) is 130 cm³/mol. The van der Waals surface area contributed by atoms with Gasteiger partial charge in [0.2, 0.25) is 0 Å². The second kappa shape index (κ2) is 9.08. The first kappa shape index (κ1) is 24.3. The molecule has 38 heavy (non-hydrogen) atoms. The molecule has 0 unspecified atom stereocenters. The Balaban J connectivity index is 1.45. The number of amides is 1. The molecule has 8 nitrogen and oxygen atoms in total. The Hall–Kier alpha value is -4.01. The number of benzene rings is 1. The number of pyridine rings is 2. The summed E-state index contributed by atoms with van der Waals surface area (Å²) in [5.41, 5.74) is 1.46. The van der Waals surface area contributed by atoms with Crippen LogP contribution in [0.5, 0.6) is 0 Å². The normalized spacial score (nSPS) is 14.9. The van der Waals surface area contributed by atoms with Crippen LogP contribution in [0.2, 0.25) is 5.15 Å². The van der Waals surface area contributed by atoms with Crippen molar-refractivity contribution in [2.45, 2.75) is 44.8 Å². The van der Waals surface area contributed by atoms with Crippen LogP contribution in [-0.4, -0.2) is 25.7 Å². The summed E-state index contributed by atoms with van der Waals surface area (Å²) in [6.07, 6.45) is -0.892. The van der Waals surface area contributed by atoms with Crippen molar-refractivity contribution < 1.29 is 22.7 Å². The highest BCUT2D eigenvalue weighted by molar-refractivity contribution is 6.30. The summed E-state index contributed by atoms with van der Waals surface area (Å²) >= 11 is 6.35. The van der Waals surface area contributed by atoms with E-state index in [2.05, 4.69) is 15.1 Å². The van der Waals surface area contributed by atoms with Gasteiger partial charge in [0.15, 0.2) is 5.69 Å². The molecule has 2 aliphatic rings. The van der Waals surface area contributed by atoms with Crippen molar-refractivity contribution in [2.24, 2.45) is 0 Å². The largest absolute Gasteiger partial charge is 0.437 e. The number of hydrogen-bond donors (Lipinski definition) is 0. The average molecular weight is 539 g/mol. The van der Waals surface area contributed by atoms with Gasteiger partial charge >= 0.3 is 6.18 Å². The Morgan fingerprint density at radius 2 is 2.00 bits per heavy atom. The summed E-state index contributed by atoms with van der Waals surface area (Å²) < 4.78 is 49.1. The average Bonchev–Trinajstić information content (AvgIpc) is 3.44. The molecule has 0 N–H and O–H groups in total. The van der Waals surface area contributed by atoms with Crippen LogP contribution < -0.4 is 4.90 Å². The summed E-state index contributed by atoms with van der Waals surface area (Å²) in [6.45, 7) is 0.561. The van der Waals surface area contributed by atoms with Gasteiger partial charge in [-0.05, 0) is 42.2 Å².